The van der Waals surface area contributed by atoms with Gasteiger partial charge in [0, 0.05) is 6.42 Å². The molecule has 3 unspecified atom stereocenters. The maximum absolute atomic E-state index is 11.7. The molecular weight excluding hydrogens is 252 g/mol. The summed E-state index contributed by atoms with van der Waals surface area (Å²) < 4.78 is 0. The smallest absolute Gasteiger partial charge is 0.310 e. The molecule has 6 heteroatoms. The Hall–Kier alpha value is -1.59. The van der Waals surface area contributed by atoms with Crippen molar-refractivity contribution in [1.29, 1.82) is 0 Å². The van der Waals surface area contributed by atoms with Crippen LogP contribution in [0.2, 0.25) is 0 Å². The van der Waals surface area contributed by atoms with E-state index in [1.165, 1.54) is 0 Å². The highest BCUT2D eigenvalue weighted by Crippen LogP contribution is 2.49. The second-order valence-electron chi connectivity index (χ2n) is 5.19. The van der Waals surface area contributed by atoms with Crippen LogP contribution in [0.5, 0.6) is 0 Å². The van der Waals surface area contributed by atoms with E-state index in [0.717, 1.165) is 0 Å². The van der Waals surface area contributed by atoms with E-state index in [1.54, 1.807) is 6.92 Å². The van der Waals surface area contributed by atoms with Gasteiger partial charge >= 0.3 is 17.9 Å². The van der Waals surface area contributed by atoms with Crippen molar-refractivity contribution in [3.8, 4) is 0 Å². The molecule has 0 aromatic rings. The van der Waals surface area contributed by atoms with Gasteiger partial charge < -0.3 is 15.3 Å². The summed E-state index contributed by atoms with van der Waals surface area (Å²) in [5.41, 5.74) is -1.45. The summed E-state index contributed by atoms with van der Waals surface area (Å²) >= 11 is 0. The minimum Gasteiger partial charge on any atom is -0.481 e. The third kappa shape index (κ3) is 2.88. The molecular formula is C13H20O6. The highest BCUT2D eigenvalue weighted by molar-refractivity contribution is 5.84. The third-order valence-corrected chi connectivity index (χ3v) is 4.29. The maximum Gasteiger partial charge on any atom is 0.310 e. The Morgan fingerprint density at radius 3 is 2.26 bits per heavy atom. The lowest BCUT2D eigenvalue weighted by atomic mass is 9.58. The van der Waals surface area contributed by atoms with E-state index in [-0.39, 0.29) is 12.8 Å². The Labute approximate surface area is 111 Å². The van der Waals surface area contributed by atoms with Crippen molar-refractivity contribution in [3.63, 3.8) is 0 Å². The van der Waals surface area contributed by atoms with E-state index in [1.807, 2.05) is 0 Å². The largest absolute Gasteiger partial charge is 0.481 e. The van der Waals surface area contributed by atoms with E-state index in [4.69, 9.17) is 5.11 Å². The first-order valence-corrected chi connectivity index (χ1v) is 6.54. The van der Waals surface area contributed by atoms with Crippen LogP contribution in [-0.2, 0) is 14.4 Å². The van der Waals surface area contributed by atoms with Crippen molar-refractivity contribution < 1.29 is 29.7 Å². The van der Waals surface area contributed by atoms with Gasteiger partial charge in [0.15, 0.2) is 0 Å². The summed E-state index contributed by atoms with van der Waals surface area (Å²) in [6.07, 6.45) is 1.90. The van der Waals surface area contributed by atoms with Crippen LogP contribution in [0, 0.1) is 17.3 Å². The summed E-state index contributed by atoms with van der Waals surface area (Å²) in [5, 5.41) is 27.8. The zero-order valence-corrected chi connectivity index (χ0v) is 11.0. The molecule has 3 atom stereocenters. The average molecular weight is 272 g/mol. The summed E-state index contributed by atoms with van der Waals surface area (Å²) in [7, 11) is 0. The monoisotopic (exact) mass is 272 g/mol. The number of carboxylic acids is 3. The number of rotatable bonds is 6. The molecule has 1 saturated carbocycles. The molecule has 0 heterocycles. The summed E-state index contributed by atoms with van der Waals surface area (Å²) in [6, 6.07) is 0. The first-order chi connectivity index (χ1) is 8.86. The van der Waals surface area contributed by atoms with Gasteiger partial charge in [0.2, 0.25) is 0 Å². The Morgan fingerprint density at radius 1 is 1.21 bits per heavy atom. The highest BCUT2D eigenvalue weighted by Gasteiger charge is 2.55. The second kappa shape index (κ2) is 6.04. The molecule has 0 aliphatic heterocycles. The van der Waals surface area contributed by atoms with Crippen LogP contribution in [0.1, 0.15) is 45.4 Å². The molecule has 1 fully saturated rings. The molecule has 0 bridgehead atoms. The fraction of sp³-hybridized carbons (Fsp3) is 0.769. The zero-order chi connectivity index (χ0) is 14.6. The van der Waals surface area contributed by atoms with Crippen LogP contribution in [-0.4, -0.2) is 33.2 Å². The predicted molar refractivity (Wildman–Crippen MR) is 65.7 cm³/mol. The maximum atomic E-state index is 11.7. The standard InChI is InChI=1S/C13H20O6/c1-2-8(7-10(14)15)13(12(18)19)6-4-3-5-9(13)11(16)17/h8-9H,2-7H2,1H3,(H,14,15)(H,16,17)(H,18,19). The molecule has 3 N–H and O–H groups in total. The molecule has 108 valence electrons. The number of hydrogen-bond donors (Lipinski definition) is 3. The van der Waals surface area contributed by atoms with Crippen LogP contribution >= 0.6 is 0 Å². The first kappa shape index (κ1) is 15.5. The van der Waals surface area contributed by atoms with Gasteiger partial charge in [-0.15, -0.1) is 0 Å². The fourth-order valence-corrected chi connectivity index (χ4v) is 3.36. The topological polar surface area (TPSA) is 112 Å². The van der Waals surface area contributed by atoms with Gasteiger partial charge in [-0.25, -0.2) is 0 Å². The van der Waals surface area contributed by atoms with Crippen molar-refractivity contribution >= 4 is 17.9 Å². The van der Waals surface area contributed by atoms with Crippen LogP contribution in [0.4, 0.5) is 0 Å². The van der Waals surface area contributed by atoms with Gasteiger partial charge in [0.05, 0.1) is 11.3 Å². The number of carbonyl (C=O) groups is 3. The summed E-state index contributed by atoms with van der Waals surface area (Å²) in [5.74, 6) is -5.03. The number of aliphatic carboxylic acids is 3. The van der Waals surface area contributed by atoms with E-state index in [0.29, 0.717) is 25.7 Å². The van der Waals surface area contributed by atoms with Gasteiger partial charge in [-0.3, -0.25) is 14.4 Å². The van der Waals surface area contributed by atoms with E-state index < -0.39 is 35.2 Å². The van der Waals surface area contributed by atoms with Crippen molar-refractivity contribution in [2.45, 2.75) is 45.4 Å². The lowest BCUT2D eigenvalue weighted by Crippen LogP contribution is -2.50. The Morgan fingerprint density at radius 2 is 1.84 bits per heavy atom. The Balaban J connectivity index is 3.21. The van der Waals surface area contributed by atoms with Crippen LogP contribution in [0.3, 0.4) is 0 Å². The molecule has 1 aliphatic carbocycles. The molecule has 0 aromatic heterocycles. The molecule has 6 nitrogen and oxygen atoms in total. The zero-order valence-electron chi connectivity index (χ0n) is 11.0. The quantitative estimate of drug-likeness (QED) is 0.680. The minimum atomic E-state index is -1.45. The molecule has 1 aliphatic rings. The van der Waals surface area contributed by atoms with Crippen molar-refractivity contribution in [3.05, 3.63) is 0 Å². The van der Waals surface area contributed by atoms with Gasteiger partial charge in [0.25, 0.3) is 0 Å². The van der Waals surface area contributed by atoms with Crippen LogP contribution in [0.15, 0.2) is 0 Å². The van der Waals surface area contributed by atoms with Gasteiger partial charge in [-0.1, -0.05) is 26.2 Å². The van der Waals surface area contributed by atoms with Crippen LogP contribution in [0.25, 0.3) is 0 Å². The van der Waals surface area contributed by atoms with Gasteiger partial charge in [0.1, 0.15) is 0 Å². The molecule has 1 rings (SSSR count). The van der Waals surface area contributed by atoms with Crippen molar-refractivity contribution in [2.75, 3.05) is 0 Å². The molecule has 0 radical (unpaired) electrons. The lowest BCUT2D eigenvalue weighted by molar-refractivity contribution is -0.173. The number of hydrogen-bond acceptors (Lipinski definition) is 3. The third-order valence-electron chi connectivity index (χ3n) is 4.29. The predicted octanol–water partition coefficient (Wildman–Crippen LogP) is 1.83. The summed E-state index contributed by atoms with van der Waals surface area (Å²) in [6.45, 7) is 1.71. The van der Waals surface area contributed by atoms with Gasteiger partial charge in [-0.05, 0) is 18.8 Å². The fourth-order valence-electron chi connectivity index (χ4n) is 3.36. The lowest BCUT2D eigenvalue weighted by Gasteiger charge is -2.43. The second-order valence-corrected chi connectivity index (χ2v) is 5.19. The summed E-state index contributed by atoms with van der Waals surface area (Å²) in [4.78, 5) is 34.0. The van der Waals surface area contributed by atoms with Crippen molar-refractivity contribution in [1.82, 2.24) is 0 Å². The van der Waals surface area contributed by atoms with Crippen molar-refractivity contribution in [2.24, 2.45) is 17.3 Å². The molecule has 0 spiro atoms. The molecule has 0 amide bonds. The van der Waals surface area contributed by atoms with E-state index >= 15 is 0 Å². The van der Waals surface area contributed by atoms with Gasteiger partial charge in [-0.2, -0.15) is 0 Å². The molecule has 0 saturated heterocycles. The van der Waals surface area contributed by atoms with E-state index in [9.17, 15) is 24.6 Å². The molecule has 0 aromatic carbocycles. The van der Waals surface area contributed by atoms with E-state index in [2.05, 4.69) is 0 Å². The average Bonchev–Trinajstić information content (AvgIpc) is 2.35. The Bertz CT molecular complexity index is 377. The van der Waals surface area contributed by atoms with Crippen LogP contribution < -0.4 is 0 Å². The minimum absolute atomic E-state index is 0.241. The SMILES string of the molecule is CCC(CC(=O)O)C1(C(=O)O)CCCCC1C(=O)O. The Kier molecular flexibility index (Phi) is 4.91. The normalized spacial score (nSPS) is 28.6. The number of carboxylic acid groups (broad SMARTS) is 3. The molecule has 19 heavy (non-hydrogen) atoms. The highest BCUT2D eigenvalue weighted by atomic mass is 16.4. The first-order valence-electron chi connectivity index (χ1n) is 6.54.